The van der Waals surface area contributed by atoms with Crippen molar-refractivity contribution in [2.24, 2.45) is 11.0 Å². The average Bonchev–Trinajstić information content (AvgIpc) is 2.95. The Morgan fingerprint density at radius 1 is 1.14 bits per heavy atom. The lowest BCUT2D eigenvalue weighted by Gasteiger charge is -2.26. The second kappa shape index (κ2) is 11.7. The van der Waals surface area contributed by atoms with Crippen LogP contribution in [0.4, 0.5) is 0 Å². The van der Waals surface area contributed by atoms with Gasteiger partial charge in [-0.2, -0.15) is 5.10 Å². The van der Waals surface area contributed by atoms with Crippen LogP contribution >= 0.6 is 0 Å². The van der Waals surface area contributed by atoms with Crippen molar-refractivity contribution in [3.63, 3.8) is 0 Å². The minimum Gasteiger partial charge on any atom is -0.390 e. The lowest BCUT2D eigenvalue weighted by molar-refractivity contribution is -0.136. The molecule has 9 heteroatoms. The highest BCUT2D eigenvalue weighted by atomic mass is 16.5. The van der Waals surface area contributed by atoms with Crippen molar-refractivity contribution >= 4 is 23.4 Å². The van der Waals surface area contributed by atoms with Gasteiger partial charge in [-0.1, -0.05) is 20.3 Å². The molecule has 0 saturated carbocycles. The smallest absolute Gasteiger partial charge is 0.253 e. The van der Waals surface area contributed by atoms with Crippen molar-refractivity contribution < 1.29 is 29.3 Å². The molecular weight excluding hydrogens is 366 g/mol. The van der Waals surface area contributed by atoms with Crippen LogP contribution in [-0.4, -0.2) is 70.5 Å². The number of methoxy groups -OCH3 is 1. The molecule has 0 bridgehead atoms. The maximum Gasteiger partial charge on any atom is 0.253 e. The molecule has 1 aliphatic rings. The first-order valence-corrected chi connectivity index (χ1v) is 9.47. The Hall–Kier alpha value is -2.10. The number of hydrogen-bond donors (Lipinski definition) is 3. The highest BCUT2D eigenvalue weighted by Crippen LogP contribution is 2.13. The van der Waals surface area contributed by atoms with Crippen LogP contribution in [-0.2, 0) is 19.1 Å². The number of hydrazone groups is 1. The third-order valence-electron chi connectivity index (χ3n) is 4.41. The molecule has 0 spiro atoms. The van der Waals surface area contributed by atoms with E-state index in [0.29, 0.717) is 25.8 Å². The molecule has 1 aliphatic heterocycles. The molecule has 1 heterocycles. The number of unbranched alkanes of at least 4 members (excludes halogenated alkanes) is 2. The Morgan fingerprint density at radius 2 is 1.75 bits per heavy atom. The number of nitrogens with one attached hydrogen (secondary N) is 1. The van der Waals surface area contributed by atoms with Crippen LogP contribution in [0.15, 0.2) is 17.3 Å². The number of carbonyl (C=O) groups excluding carboxylic acids is 3. The zero-order valence-corrected chi connectivity index (χ0v) is 16.9. The number of nitrogens with zero attached hydrogens (tertiary/aromatic N) is 2. The Balaban J connectivity index is 2.46. The van der Waals surface area contributed by atoms with Crippen LogP contribution in [0, 0.1) is 5.92 Å². The summed E-state index contributed by atoms with van der Waals surface area (Å²) >= 11 is 0. The van der Waals surface area contributed by atoms with Crippen molar-refractivity contribution in [3.05, 3.63) is 12.2 Å². The van der Waals surface area contributed by atoms with Gasteiger partial charge in [0, 0.05) is 32.2 Å². The predicted molar refractivity (Wildman–Crippen MR) is 103 cm³/mol. The van der Waals surface area contributed by atoms with E-state index in [0.717, 1.165) is 0 Å². The first kappa shape index (κ1) is 23.9. The zero-order chi connectivity index (χ0) is 21.3. The van der Waals surface area contributed by atoms with Gasteiger partial charge >= 0.3 is 0 Å². The van der Waals surface area contributed by atoms with Gasteiger partial charge in [0.05, 0.1) is 11.8 Å². The van der Waals surface area contributed by atoms with Crippen LogP contribution in [0.3, 0.4) is 0 Å². The zero-order valence-electron chi connectivity index (χ0n) is 16.9. The molecule has 0 saturated heterocycles. The fraction of sp³-hybridized carbons (Fsp3) is 0.684. The average molecular weight is 397 g/mol. The van der Waals surface area contributed by atoms with E-state index < -0.39 is 18.3 Å². The van der Waals surface area contributed by atoms with Crippen molar-refractivity contribution in [2.75, 3.05) is 13.7 Å². The van der Waals surface area contributed by atoms with E-state index >= 15 is 0 Å². The van der Waals surface area contributed by atoms with Crippen molar-refractivity contribution in [1.82, 2.24) is 10.3 Å². The third kappa shape index (κ3) is 7.14. The maximum absolute atomic E-state index is 12.0. The highest BCUT2D eigenvalue weighted by Gasteiger charge is 2.29. The van der Waals surface area contributed by atoms with Gasteiger partial charge in [0.1, 0.15) is 12.2 Å². The maximum atomic E-state index is 12.0. The summed E-state index contributed by atoms with van der Waals surface area (Å²) in [5.74, 6) is -0.957. The summed E-state index contributed by atoms with van der Waals surface area (Å²) in [6.07, 6.45) is 1.70. The molecule has 0 aromatic rings. The summed E-state index contributed by atoms with van der Waals surface area (Å²) in [6, 6.07) is 0. The molecule has 0 aromatic heterocycles. The van der Waals surface area contributed by atoms with Gasteiger partial charge in [-0.25, -0.2) is 5.43 Å². The molecule has 3 atom stereocenters. The predicted octanol–water partition coefficient (Wildman–Crippen LogP) is 0.357. The largest absolute Gasteiger partial charge is 0.390 e. The number of carbonyl (C=O) groups is 3. The van der Waals surface area contributed by atoms with Crippen LogP contribution in [0.25, 0.3) is 0 Å². The quantitative estimate of drug-likeness (QED) is 0.189. The van der Waals surface area contributed by atoms with E-state index in [4.69, 9.17) is 4.74 Å². The van der Waals surface area contributed by atoms with E-state index in [-0.39, 0.29) is 35.8 Å². The van der Waals surface area contributed by atoms with E-state index in [1.54, 1.807) is 0 Å². The number of aliphatic hydroxyl groups is 2. The van der Waals surface area contributed by atoms with Gasteiger partial charge in [0.25, 0.3) is 11.8 Å². The molecule has 0 aromatic carbocycles. The van der Waals surface area contributed by atoms with E-state index in [1.807, 2.05) is 13.8 Å². The Labute approximate surface area is 165 Å². The lowest BCUT2D eigenvalue weighted by atomic mass is 9.96. The van der Waals surface area contributed by atoms with Gasteiger partial charge < -0.3 is 14.9 Å². The second-order valence-corrected chi connectivity index (χ2v) is 7.13. The molecule has 0 unspecified atom stereocenters. The molecule has 158 valence electrons. The number of hydrogen-bond acceptors (Lipinski definition) is 7. The van der Waals surface area contributed by atoms with Gasteiger partial charge in [-0.3, -0.25) is 19.3 Å². The minimum atomic E-state index is -1.25. The van der Waals surface area contributed by atoms with Crippen LogP contribution in [0.1, 0.15) is 46.5 Å². The van der Waals surface area contributed by atoms with Crippen molar-refractivity contribution in [3.8, 4) is 0 Å². The fourth-order valence-corrected chi connectivity index (χ4v) is 2.85. The van der Waals surface area contributed by atoms with Crippen LogP contribution in [0.2, 0.25) is 0 Å². The molecule has 28 heavy (non-hydrogen) atoms. The molecule has 3 N–H and O–H groups in total. The summed E-state index contributed by atoms with van der Waals surface area (Å²) in [7, 11) is 1.47. The Morgan fingerprint density at radius 3 is 2.25 bits per heavy atom. The van der Waals surface area contributed by atoms with Gasteiger partial charge in [0.15, 0.2) is 0 Å². The summed E-state index contributed by atoms with van der Waals surface area (Å²) in [5.41, 5.74) is 2.57. The fourth-order valence-electron chi connectivity index (χ4n) is 2.85. The second-order valence-electron chi connectivity index (χ2n) is 7.13. The molecule has 0 aliphatic carbocycles. The van der Waals surface area contributed by atoms with E-state index in [2.05, 4.69) is 10.5 Å². The van der Waals surface area contributed by atoms with Crippen molar-refractivity contribution in [2.45, 2.75) is 64.8 Å². The van der Waals surface area contributed by atoms with E-state index in [9.17, 15) is 24.6 Å². The number of rotatable bonds is 12. The Bertz CT molecular complexity index is 597. The first-order chi connectivity index (χ1) is 13.2. The molecule has 0 radical (unpaired) electrons. The van der Waals surface area contributed by atoms with E-state index in [1.165, 1.54) is 31.1 Å². The number of aliphatic hydroxyl groups excluding tert-OH is 2. The van der Waals surface area contributed by atoms with Crippen molar-refractivity contribution in [1.29, 1.82) is 0 Å². The molecule has 1 rings (SSSR count). The summed E-state index contributed by atoms with van der Waals surface area (Å²) in [4.78, 5) is 36.0. The molecule has 3 amide bonds. The number of imide groups is 1. The monoisotopic (exact) mass is 397 g/mol. The highest BCUT2D eigenvalue weighted by molar-refractivity contribution is 6.12. The first-order valence-electron chi connectivity index (χ1n) is 9.47. The Kier molecular flexibility index (Phi) is 9.98. The summed E-state index contributed by atoms with van der Waals surface area (Å²) < 4.78 is 5.34. The number of amides is 3. The van der Waals surface area contributed by atoms with Gasteiger partial charge in [0.2, 0.25) is 5.91 Å². The third-order valence-corrected chi connectivity index (χ3v) is 4.41. The summed E-state index contributed by atoms with van der Waals surface area (Å²) in [6.45, 7) is 5.52. The van der Waals surface area contributed by atoms with Crippen LogP contribution < -0.4 is 5.43 Å². The lowest BCUT2D eigenvalue weighted by Crippen LogP contribution is -2.44. The molecule has 9 nitrogen and oxygen atoms in total. The SMILES string of the molecule is CO[C@H](/C(=N/NC(=O)CCCCCN1C(=O)C=CC1=O)[C@@H](O)[C@@H](C)O)C(C)C. The molecule has 0 fully saturated rings. The number of ether oxygens (including phenoxy) is 1. The summed E-state index contributed by atoms with van der Waals surface area (Å²) in [5, 5.41) is 23.8. The van der Waals surface area contributed by atoms with Gasteiger partial charge in [-0.15, -0.1) is 0 Å². The normalized spacial score (nSPS) is 18.0. The van der Waals surface area contributed by atoms with Gasteiger partial charge in [-0.05, 0) is 25.7 Å². The van der Waals surface area contributed by atoms with Crippen LogP contribution in [0.5, 0.6) is 0 Å². The topological polar surface area (TPSA) is 129 Å². The minimum absolute atomic E-state index is 0.0143. The molecular formula is C19H31N3O6. The standard InChI is InChI=1S/C19H31N3O6/c1-12(2)19(28-4)17(18(27)13(3)23)21-20-14(24)8-6-5-7-11-22-15(25)9-10-16(22)26/h9-10,12-13,18-19,23,27H,5-8,11H2,1-4H3,(H,20,24)/b21-17+/t13-,18+,19+/m1/s1.